The Bertz CT molecular complexity index is 886. The quantitative estimate of drug-likeness (QED) is 0.668. The maximum absolute atomic E-state index is 13.5. The summed E-state index contributed by atoms with van der Waals surface area (Å²) >= 11 is 0. The van der Waals surface area contributed by atoms with Crippen molar-refractivity contribution in [2.24, 2.45) is 0 Å². The minimum atomic E-state index is -0.389. The SMILES string of the molecule is CCOC(=O)c1cc2cc(F)ccc2n1CCc1ccnc(C)c1. The zero-order valence-corrected chi connectivity index (χ0v) is 13.8. The van der Waals surface area contributed by atoms with Gasteiger partial charge >= 0.3 is 5.97 Å². The lowest BCUT2D eigenvalue weighted by atomic mass is 10.1. The summed E-state index contributed by atoms with van der Waals surface area (Å²) in [6.07, 6.45) is 2.52. The molecule has 0 aliphatic carbocycles. The van der Waals surface area contributed by atoms with Crippen molar-refractivity contribution < 1.29 is 13.9 Å². The van der Waals surface area contributed by atoms with Crippen molar-refractivity contribution in [1.29, 1.82) is 0 Å². The van der Waals surface area contributed by atoms with Gasteiger partial charge in [-0.15, -0.1) is 0 Å². The Balaban J connectivity index is 1.97. The minimum absolute atomic E-state index is 0.304. The van der Waals surface area contributed by atoms with Gasteiger partial charge in [-0.25, -0.2) is 9.18 Å². The van der Waals surface area contributed by atoms with Crippen molar-refractivity contribution in [2.45, 2.75) is 26.8 Å². The summed E-state index contributed by atoms with van der Waals surface area (Å²) in [7, 11) is 0. The average molecular weight is 326 g/mol. The maximum atomic E-state index is 13.5. The number of hydrogen-bond acceptors (Lipinski definition) is 3. The van der Waals surface area contributed by atoms with E-state index in [0.29, 0.717) is 24.2 Å². The van der Waals surface area contributed by atoms with Gasteiger partial charge in [0.25, 0.3) is 0 Å². The van der Waals surface area contributed by atoms with Crippen molar-refractivity contribution in [3.8, 4) is 0 Å². The van der Waals surface area contributed by atoms with E-state index in [4.69, 9.17) is 4.74 Å². The van der Waals surface area contributed by atoms with Crippen LogP contribution in [0.4, 0.5) is 4.39 Å². The number of rotatable bonds is 5. The van der Waals surface area contributed by atoms with Crippen LogP contribution in [0.15, 0.2) is 42.6 Å². The molecule has 0 N–H and O–H groups in total. The molecule has 24 heavy (non-hydrogen) atoms. The van der Waals surface area contributed by atoms with Gasteiger partial charge in [0.15, 0.2) is 0 Å². The maximum Gasteiger partial charge on any atom is 0.354 e. The summed E-state index contributed by atoms with van der Waals surface area (Å²) in [6.45, 7) is 4.62. The fourth-order valence-corrected chi connectivity index (χ4v) is 2.86. The first-order valence-electron chi connectivity index (χ1n) is 7.96. The third-order valence-electron chi connectivity index (χ3n) is 3.93. The van der Waals surface area contributed by atoms with E-state index in [1.165, 1.54) is 12.1 Å². The van der Waals surface area contributed by atoms with E-state index in [9.17, 15) is 9.18 Å². The van der Waals surface area contributed by atoms with Crippen LogP contribution in [-0.4, -0.2) is 22.1 Å². The van der Waals surface area contributed by atoms with Gasteiger partial charge in [-0.2, -0.15) is 0 Å². The monoisotopic (exact) mass is 326 g/mol. The second-order valence-electron chi connectivity index (χ2n) is 5.66. The minimum Gasteiger partial charge on any atom is -0.461 e. The molecule has 0 aliphatic rings. The molecule has 3 aromatic rings. The van der Waals surface area contributed by atoms with Gasteiger partial charge in [0, 0.05) is 29.3 Å². The molecule has 2 heterocycles. The molecule has 0 aliphatic heterocycles. The molecule has 1 aromatic carbocycles. The lowest BCUT2D eigenvalue weighted by Crippen LogP contribution is -2.13. The Morgan fingerprint density at radius 1 is 1.25 bits per heavy atom. The van der Waals surface area contributed by atoms with Crippen LogP contribution in [-0.2, 0) is 17.7 Å². The van der Waals surface area contributed by atoms with Crippen LogP contribution in [0.5, 0.6) is 0 Å². The third kappa shape index (κ3) is 3.30. The summed E-state index contributed by atoms with van der Waals surface area (Å²) in [5.74, 6) is -0.708. The summed E-state index contributed by atoms with van der Waals surface area (Å²) < 4.78 is 20.5. The van der Waals surface area contributed by atoms with Gasteiger partial charge in [-0.1, -0.05) is 0 Å². The smallest absolute Gasteiger partial charge is 0.354 e. The molecular formula is C19H19FN2O2. The topological polar surface area (TPSA) is 44.1 Å². The largest absolute Gasteiger partial charge is 0.461 e. The number of ether oxygens (including phenoxy) is 1. The molecule has 0 saturated carbocycles. The highest BCUT2D eigenvalue weighted by Gasteiger charge is 2.17. The Morgan fingerprint density at radius 2 is 2.08 bits per heavy atom. The number of esters is 1. The van der Waals surface area contributed by atoms with E-state index < -0.39 is 0 Å². The lowest BCUT2D eigenvalue weighted by molar-refractivity contribution is 0.0514. The number of carbonyl (C=O) groups excluding carboxylic acids is 1. The number of halogens is 1. The molecule has 0 bridgehead atoms. The number of benzene rings is 1. The van der Waals surface area contributed by atoms with Crippen molar-refractivity contribution in [3.63, 3.8) is 0 Å². The van der Waals surface area contributed by atoms with Crippen molar-refractivity contribution in [2.75, 3.05) is 6.61 Å². The summed E-state index contributed by atoms with van der Waals surface area (Å²) in [5, 5.41) is 0.698. The highest BCUT2D eigenvalue weighted by Crippen LogP contribution is 2.22. The van der Waals surface area contributed by atoms with Crippen molar-refractivity contribution >= 4 is 16.9 Å². The van der Waals surface area contributed by atoms with Crippen LogP contribution in [0.1, 0.15) is 28.7 Å². The first kappa shape index (κ1) is 16.2. The van der Waals surface area contributed by atoms with Crippen molar-refractivity contribution in [1.82, 2.24) is 9.55 Å². The predicted molar refractivity (Wildman–Crippen MR) is 90.5 cm³/mol. The van der Waals surface area contributed by atoms with Gasteiger partial charge in [-0.3, -0.25) is 4.98 Å². The first-order chi connectivity index (χ1) is 11.6. The molecule has 0 spiro atoms. The molecule has 4 nitrogen and oxygen atoms in total. The zero-order valence-electron chi connectivity index (χ0n) is 13.8. The molecule has 2 aromatic heterocycles. The number of hydrogen-bond donors (Lipinski definition) is 0. The van der Waals surface area contributed by atoms with E-state index in [0.717, 1.165) is 23.2 Å². The predicted octanol–water partition coefficient (Wildman–Crippen LogP) is 3.90. The molecule has 0 amide bonds. The van der Waals surface area contributed by atoms with Crippen LogP contribution in [0.2, 0.25) is 0 Å². The Morgan fingerprint density at radius 3 is 2.83 bits per heavy atom. The highest BCUT2D eigenvalue weighted by atomic mass is 19.1. The first-order valence-corrected chi connectivity index (χ1v) is 7.96. The number of aryl methyl sites for hydroxylation is 3. The van der Waals surface area contributed by atoms with E-state index >= 15 is 0 Å². The lowest BCUT2D eigenvalue weighted by Gasteiger charge is -2.10. The van der Waals surface area contributed by atoms with E-state index in [1.807, 2.05) is 23.6 Å². The molecule has 5 heteroatoms. The van der Waals surface area contributed by atoms with E-state index in [-0.39, 0.29) is 11.8 Å². The molecule has 3 rings (SSSR count). The van der Waals surface area contributed by atoms with Gasteiger partial charge < -0.3 is 9.30 Å². The fourth-order valence-electron chi connectivity index (χ4n) is 2.86. The molecule has 0 saturated heterocycles. The number of carbonyl (C=O) groups is 1. The Labute approximate surface area is 139 Å². The van der Waals surface area contributed by atoms with Gasteiger partial charge in [-0.05, 0) is 62.2 Å². The molecule has 0 radical (unpaired) electrons. The van der Waals surface area contributed by atoms with Crippen molar-refractivity contribution in [3.05, 3.63) is 65.4 Å². The number of pyridine rings is 1. The second kappa shape index (κ2) is 6.83. The summed E-state index contributed by atoms with van der Waals surface area (Å²) in [6, 6.07) is 10.2. The second-order valence-corrected chi connectivity index (χ2v) is 5.66. The van der Waals surface area contributed by atoms with Crippen LogP contribution in [0.25, 0.3) is 10.9 Å². The fraction of sp³-hybridized carbons (Fsp3) is 0.263. The van der Waals surface area contributed by atoms with E-state index in [1.54, 1.807) is 25.3 Å². The normalized spacial score (nSPS) is 11.0. The molecule has 0 atom stereocenters. The standard InChI is InChI=1S/C19H19FN2O2/c1-3-24-19(23)18-12-15-11-16(20)4-5-17(15)22(18)9-7-14-6-8-21-13(2)10-14/h4-6,8,10-12H,3,7,9H2,1-2H3. The van der Waals surface area contributed by atoms with Gasteiger partial charge in [0.05, 0.1) is 6.61 Å². The molecule has 0 fully saturated rings. The summed E-state index contributed by atoms with van der Waals surface area (Å²) in [5.41, 5.74) is 3.37. The average Bonchev–Trinajstić information content (AvgIpc) is 2.91. The van der Waals surface area contributed by atoms with Crippen LogP contribution in [0.3, 0.4) is 0 Å². The third-order valence-corrected chi connectivity index (χ3v) is 3.93. The highest BCUT2D eigenvalue weighted by molar-refractivity contribution is 5.95. The Kier molecular flexibility index (Phi) is 4.60. The van der Waals surface area contributed by atoms with Crippen LogP contribution < -0.4 is 0 Å². The number of nitrogens with zero attached hydrogens (tertiary/aromatic N) is 2. The van der Waals surface area contributed by atoms with Gasteiger partial charge in [0.2, 0.25) is 0 Å². The molecule has 0 unspecified atom stereocenters. The molecular weight excluding hydrogens is 307 g/mol. The van der Waals surface area contributed by atoms with Crippen LogP contribution in [0, 0.1) is 12.7 Å². The zero-order chi connectivity index (χ0) is 17.1. The Hall–Kier alpha value is -2.69. The van der Waals surface area contributed by atoms with Gasteiger partial charge in [0.1, 0.15) is 11.5 Å². The van der Waals surface area contributed by atoms with E-state index in [2.05, 4.69) is 4.98 Å². The molecule has 124 valence electrons. The van der Waals surface area contributed by atoms with Crippen LogP contribution >= 0.6 is 0 Å². The summed E-state index contributed by atoms with van der Waals surface area (Å²) in [4.78, 5) is 16.4. The number of aromatic nitrogens is 2. The number of fused-ring (bicyclic) bond motifs is 1.